The van der Waals surface area contributed by atoms with Gasteiger partial charge in [0.2, 0.25) is 0 Å². The predicted molar refractivity (Wildman–Crippen MR) is 62.5 cm³/mol. The Hall–Kier alpha value is -1.30. The van der Waals surface area contributed by atoms with E-state index in [4.69, 9.17) is 4.74 Å². The lowest BCUT2D eigenvalue weighted by atomic mass is 10.1. The summed E-state index contributed by atoms with van der Waals surface area (Å²) in [5.41, 5.74) is 0.911. The molecule has 0 bridgehead atoms. The van der Waals surface area contributed by atoms with Crippen LogP contribution in [-0.4, -0.2) is 21.7 Å². The smallest absolute Gasteiger partial charge is 0.338 e. The zero-order valence-corrected chi connectivity index (χ0v) is 9.53. The van der Waals surface area contributed by atoms with E-state index in [1.165, 1.54) is 5.41 Å². The average molecular weight is 240 g/mol. The summed E-state index contributed by atoms with van der Waals surface area (Å²) in [4.78, 5) is 12.0. The highest BCUT2D eigenvalue weighted by Gasteiger charge is 2.25. The van der Waals surface area contributed by atoms with E-state index in [1.54, 1.807) is 31.2 Å². The van der Waals surface area contributed by atoms with Gasteiger partial charge in [0.1, 0.15) is 0 Å². The van der Waals surface area contributed by atoms with Crippen LogP contribution in [0.2, 0.25) is 0 Å². The first kappa shape index (κ1) is 11.2. The van der Waals surface area contributed by atoms with Crippen molar-refractivity contribution >= 4 is 22.6 Å². The van der Waals surface area contributed by atoms with Crippen LogP contribution in [0.1, 0.15) is 22.8 Å². The highest BCUT2D eigenvalue weighted by molar-refractivity contribution is 8.27. The van der Waals surface area contributed by atoms with Gasteiger partial charge in [-0.2, -0.15) is 0 Å². The zero-order valence-electron chi connectivity index (χ0n) is 8.71. The molecule has 4 nitrogen and oxygen atoms in total. The maximum Gasteiger partial charge on any atom is 0.338 e. The maximum absolute atomic E-state index is 11.6. The van der Waals surface area contributed by atoms with Crippen LogP contribution in [0.5, 0.6) is 0 Å². The van der Waals surface area contributed by atoms with Crippen LogP contribution in [0.3, 0.4) is 0 Å². The van der Waals surface area contributed by atoms with Crippen molar-refractivity contribution in [2.75, 3.05) is 6.61 Å². The van der Waals surface area contributed by atoms with Gasteiger partial charge in [0.25, 0.3) is 0 Å². The van der Waals surface area contributed by atoms with Gasteiger partial charge < -0.3 is 4.74 Å². The van der Waals surface area contributed by atoms with Crippen molar-refractivity contribution < 1.29 is 18.6 Å². The third-order valence-corrected chi connectivity index (χ3v) is 3.83. The molecule has 0 aromatic heterocycles. The molecule has 2 rings (SSSR count). The number of rotatable bonds is 2. The van der Waals surface area contributed by atoms with Gasteiger partial charge >= 0.3 is 5.97 Å². The lowest BCUT2D eigenvalue weighted by Gasteiger charge is -2.25. The van der Waals surface area contributed by atoms with E-state index in [0.29, 0.717) is 22.6 Å². The SMILES string of the molecule is CCOC(=O)c1cccc2c1C=CS2(O)O. The molecule has 0 unspecified atom stereocenters. The molecule has 2 N–H and O–H groups in total. The summed E-state index contributed by atoms with van der Waals surface area (Å²) in [5.74, 6) is -0.443. The van der Waals surface area contributed by atoms with E-state index >= 15 is 0 Å². The molecule has 5 heteroatoms. The molecule has 86 valence electrons. The summed E-state index contributed by atoms with van der Waals surface area (Å²) in [6.45, 7) is 2.02. The van der Waals surface area contributed by atoms with Gasteiger partial charge in [-0.1, -0.05) is 6.07 Å². The summed E-state index contributed by atoms with van der Waals surface area (Å²) in [6.07, 6.45) is 1.55. The summed E-state index contributed by atoms with van der Waals surface area (Å²) in [7, 11) is -2.86. The zero-order chi connectivity index (χ0) is 11.8. The minimum atomic E-state index is -2.86. The lowest BCUT2D eigenvalue weighted by molar-refractivity contribution is 0.0526. The molecule has 0 saturated heterocycles. The molecule has 0 spiro atoms. The van der Waals surface area contributed by atoms with Crippen LogP contribution in [0.4, 0.5) is 0 Å². The Kier molecular flexibility index (Phi) is 2.75. The van der Waals surface area contributed by atoms with Crippen molar-refractivity contribution in [3.8, 4) is 0 Å². The molecule has 1 heterocycles. The van der Waals surface area contributed by atoms with Gasteiger partial charge in [0.15, 0.2) is 0 Å². The van der Waals surface area contributed by atoms with Gasteiger partial charge in [-0.05, 0) is 25.1 Å². The fourth-order valence-electron chi connectivity index (χ4n) is 1.60. The number of hydrogen-bond donors (Lipinski definition) is 2. The van der Waals surface area contributed by atoms with Crippen molar-refractivity contribution in [3.63, 3.8) is 0 Å². The molecule has 0 aliphatic carbocycles. The van der Waals surface area contributed by atoms with E-state index in [-0.39, 0.29) is 0 Å². The second-order valence-electron chi connectivity index (χ2n) is 3.33. The summed E-state index contributed by atoms with van der Waals surface area (Å²) in [5, 5.41) is 1.32. The molecule has 1 aromatic carbocycles. The van der Waals surface area contributed by atoms with Gasteiger partial charge in [0, 0.05) is 11.0 Å². The first-order chi connectivity index (χ1) is 7.56. The Balaban J connectivity index is 2.48. The molecule has 0 radical (unpaired) electrons. The average Bonchev–Trinajstić information content (AvgIpc) is 2.55. The normalized spacial score (nSPS) is 17.9. The topological polar surface area (TPSA) is 66.8 Å². The van der Waals surface area contributed by atoms with Crippen LogP contribution < -0.4 is 0 Å². The highest BCUT2D eigenvalue weighted by atomic mass is 32.3. The number of carbonyl (C=O) groups is 1. The molecule has 0 amide bonds. The van der Waals surface area contributed by atoms with E-state index in [0.717, 1.165) is 0 Å². The van der Waals surface area contributed by atoms with Crippen LogP contribution in [0.25, 0.3) is 6.08 Å². The van der Waals surface area contributed by atoms with Gasteiger partial charge in [-0.3, -0.25) is 9.11 Å². The number of ether oxygens (including phenoxy) is 1. The molecular formula is C11H12O4S. The molecule has 0 saturated carbocycles. The minimum absolute atomic E-state index is 0.294. The van der Waals surface area contributed by atoms with E-state index in [1.807, 2.05) is 0 Å². The first-order valence-electron chi connectivity index (χ1n) is 4.83. The fraction of sp³-hybridized carbons (Fsp3) is 0.182. The largest absolute Gasteiger partial charge is 0.462 e. The van der Waals surface area contributed by atoms with Crippen molar-refractivity contribution in [2.24, 2.45) is 0 Å². The van der Waals surface area contributed by atoms with E-state index in [9.17, 15) is 13.9 Å². The van der Waals surface area contributed by atoms with Crippen molar-refractivity contribution in [1.82, 2.24) is 0 Å². The monoisotopic (exact) mass is 240 g/mol. The second-order valence-corrected chi connectivity index (χ2v) is 5.23. The van der Waals surface area contributed by atoms with Crippen molar-refractivity contribution in [1.29, 1.82) is 0 Å². The summed E-state index contributed by atoms with van der Waals surface area (Å²) in [6, 6.07) is 4.83. The third-order valence-electron chi connectivity index (χ3n) is 2.31. The Labute approximate surface area is 94.9 Å². The van der Waals surface area contributed by atoms with Gasteiger partial charge in [-0.15, -0.1) is 10.6 Å². The number of esters is 1. The molecular weight excluding hydrogens is 228 g/mol. The summed E-state index contributed by atoms with van der Waals surface area (Å²) >= 11 is 0. The third kappa shape index (κ3) is 1.73. The number of hydrogen-bond acceptors (Lipinski definition) is 4. The number of fused-ring (bicyclic) bond motifs is 1. The highest BCUT2D eigenvalue weighted by Crippen LogP contribution is 2.56. The van der Waals surface area contributed by atoms with Gasteiger partial charge in [0.05, 0.1) is 17.1 Å². The Morgan fingerprint density at radius 1 is 1.44 bits per heavy atom. The van der Waals surface area contributed by atoms with Crippen molar-refractivity contribution in [2.45, 2.75) is 11.8 Å². The molecule has 1 aliphatic heterocycles. The maximum atomic E-state index is 11.6. The van der Waals surface area contributed by atoms with E-state index < -0.39 is 16.6 Å². The van der Waals surface area contributed by atoms with Crippen molar-refractivity contribution in [3.05, 3.63) is 34.7 Å². The fourth-order valence-corrected chi connectivity index (χ4v) is 2.85. The standard InChI is InChI=1S/C11H12O4S/c1-2-15-11(12)9-4-3-5-10-8(9)6-7-16(10,13)14/h3-7,13-14H,2H2,1H3. The Morgan fingerprint density at radius 3 is 2.88 bits per heavy atom. The van der Waals surface area contributed by atoms with E-state index in [2.05, 4.69) is 0 Å². The number of benzene rings is 1. The molecule has 0 fully saturated rings. The lowest BCUT2D eigenvalue weighted by Crippen LogP contribution is -2.07. The first-order valence-corrected chi connectivity index (χ1v) is 6.43. The number of carbonyl (C=O) groups excluding carboxylic acids is 1. The molecule has 0 atom stereocenters. The molecule has 16 heavy (non-hydrogen) atoms. The van der Waals surface area contributed by atoms with Crippen LogP contribution >= 0.6 is 10.6 Å². The predicted octanol–water partition coefficient (Wildman–Crippen LogP) is 2.96. The molecule has 1 aliphatic rings. The Bertz CT molecular complexity index is 465. The van der Waals surface area contributed by atoms with Crippen LogP contribution in [-0.2, 0) is 4.74 Å². The molecule has 1 aromatic rings. The Morgan fingerprint density at radius 2 is 2.19 bits per heavy atom. The van der Waals surface area contributed by atoms with Crippen LogP contribution in [0.15, 0.2) is 28.5 Å². The quantitative estimate of drug-likeness (QED) is 0.780. The summed E-state index contributed by atoms with van der Waals surface area (Å²) < 4.78 is 24.3. The van der Waals surface area contributed by atoms with Crippen LogP contribution in [0, 0.1) is 0 Å². The minimum Gasteiger partial charge on any atom is -0.462 e. The van der Waals surface area contributed by atoms with Gasteiger partial charge in [-0.25, -0.2) is 4.79 Å². The second kappa shape index (κ2) is 3.93.